The first-order valence-electron chi connectivity index (χ1n) is 22.3. The molecule has 2 aliphatic heterocycles. The van der Waals surface area contributed by atoms with Crippen molar-refractivity contribution < 1.29 is 33.5 Å². The first kappa shape index (κ1) is 44.6. The topological polar surface area (TPSA) is 78.9 Å². The Morgan fingerprint density at radius 2 is 1.11 bits per heavy atom. The summed E-state index contributed by atoms with van der Waals surface area (Å²) in [4.78, 5) is 2.38. The van der Waals surface area contributed by atoms with Gasteiger partial charge in [0.1, 0.15) is 36.8 Å². The molecule has 2 aliphatic rings. The molecule has 9 rings (SSSR count). The number of benzene rings is 7. The molecule has 0 bridgehead atoms. The van der Waals surface area contributed by atoms with Crippen LogP contribution in [-0.2, 0) is 68.9 Å². The summed E-state index contributed by atoms with van der Waals surface area (Å²) in [7, 11) is 0. The van der Waals surface area contributed by atoms with Crippen molar-refractivity contribution in [3.63, 3.8) is 0 Å². The van der Waals surface area contributed by atoms with Crippen LogP contribution in [-0.4, -0.2) is 49.3 Å². The lowest BCUT2D eigenvalue weighted by Gasteiger charge is -2.50. The average molecular weight is 933 g/mol. The predicted octanol–water partition coefficient (Wildman–Crippen LogP) is 11.0. The maximum absolute atomic E-state index is 13.5. The number of rotatable bonds is 18. The summed E-state index contributed by atoms with van der Waals surface area (Å²) < 4.78 is 41.2. The number of aliphatic hydroxyl groups is 1. The predicted molar refractivity (Wildman–Crippen MR) is 256 cm³/mol. The fourth-order valence-electron chi connectivity index (χ4n) is 8.63. The van der Waals surface area contributed by atoms with Crippen molar-refractivity contribution in [2.24, 2.45) is 0 Å². The highest BCUT2D eigenvalue weighted by atomic mass is 79.9. The van der Waals surface area contributed by atoms with E-state index in [9.17, 15) is 5.11 Å². The molecule has 0 spiro atoms. The Balaban J connectivity index is 1.08. The number of halogens is 1. The minimum Gasteiger partial charge on any atom is -0.490 e. The molecule has 7 aromatic carbocycles. The third-order valence-corrected chi connectivity index (χ3v) is 12.8. The van der Waals surface area contributed by atoms with Crippen LogP contribution in [0.1, 0.15) is 44.5 Å². The zero-order valence-corrected chi connectivity index (χ0v) is 37.9. The van der Waals surface area contributed by atoms with E-state index in [2.05, 4.69) is 63.3 Å². The van der Waals surface area contributed by atoms with E-state index in [0.717, 1.165) is 62.4 Å². The van der Waals surface area contributed by atoms with Gasteiger partial charge in [0.15, 0.2) is 0 Å². The first-order valence-corrected chi connectivity index (χ1v) is 23.1. The second-order valence-electron chi connectivity index (χ2n) is 16.6. The first-order chi connectivity index (χ1) is 32.0. The number of hydrogen-bond donors (Lipinski definition) is 1. The van der Waals surface area contributed by atoms with Crippen LogP contribution in [0.4, 0.5) is 5.69 Å². The van der Waals surface area contributed by atoms with Crippen molar-refractivity contribution in [3.8, 4) is 5.75 Å². The third-order valence-electron chi connectivity index (χ3n) is 12.0. The molecule has 0 amide bonds. The van der Waals surface area contributed by atoms with E-state index >= 15 is 0 Å². The SMILES string of the molecule is OC1(c2ccc(Br)c(Cc3ccc4c(c3)N(Cc3ccccc3)CCO4)c2)O[C@H](COCc2ccccc2)[C@@H](OCc2ccccc2)[C@H](OCc2ccccc2)[C@H]1OCc1ccccc1. The monoisotopic (exact) mass is 931 g/mol. The maximum atomic E-state index is 13.5. The van der Waals surface area contributed by atoms with Gasteiger partial charge in [0.05, 0.1) is 45.3 Å². The maximum Gasteiger partial charge on any atom is 0.222 e. The minimum atomic E-state index is -2.00. The van der Waals surface area contributed by atoms with Gasteiger partial charge in [0.25, 0.3) is 0 Å². The Kier molecular flexibility index (Phi) is 14.8. The Morgan fingerprint density at radius 3 is 1.71 bits per heavy atom. The standard InChI is InChI=1S/C56H54BrNO7/c57-49-28-27-48(34-47(49)32-46-26-29-51-50(33-46)58(30-31-61-51)35-41-16-6-1-7-17-41)56(59)55(64-39-45-24-14-5-15-25-45)54(63-38-44-22-12-4-13-23-44)53(62-37-43-20-10-3-11-21-43)52(65-56)40-60-36-42-18-8-2-9-19-42/h1-29,33-34,52-55,59H,30-32,35-40H2/t52-,53-,54+,55-,56?/m1/s1. The summed E-state index contributed by atoms with van der Waals surface area (Å²) in [5, 5.41) is 13.5. The molecule has 0 radical (unpaired) electrons. The largest absolute Gasteiger partial charge is 0.490 e. The minimum absolute atomic E-state index is 0.118. The van der Waals surface area contributed by atoms with Gasteiger partial charge in [-0.2, -0.15) is 0 Å². The van der Waals surface area contributed by atoms with Crippen molar-refractivity contribution in [1.82, 2.24) is 0 Å². The molecule has 1 fully saturated rings. The van der Waals surface area contributed by atoms with Crippen LogP contribution in [0.3, 0.4) is 0 Å². The lowest BCUT2D eigenvalue weighted by Crippen LogP contribution is -2.65. The average Bonchev–Trinajstić information content (AvgIpc) is 3.35. The van der Waals surface area contributed by atoms with Gasteiger partial charge in [-0.15, -0.1) is 0 Å². The molecular weight excluding hydrogens is 879 g/mol. The van der Waals surface area contributed by atoms with Crippen LogP contribution >= 0.6 is 15.9 Å². The van der Waals surface area contributed by atoms with Crippen molar-refractivity contribution in [2.45, 2.75) is 69.6 Å². The molecule has 1 saturated heterocycles. The van der Waals surface area contributed by atoms with Crippen LogP contribution in [0.15, 0.2) is 193 Å². The van der Waals surface area contributed by atoms with Gasteiger partial charge in [-0.25, -0.2) is 0 Å². The second-order valence-corrected chi connectivity index (χ2v) is 17.5. The van der Waals surface area contributed by atoms with Gasteiger partial charge in [-0.1, -0.05) is 180 Å². The van der Waals surface area contributed by atoms with Crippen molar-refractivity contribution in [1.29, 1.82) is 0 Å². The Bertz CT molecular complexity index is 2550. The van der Waals surface area contributed by atoms with E-state index in [1.807, 2.05) is 146 Å². The number of nitrogens with zero attached hydrogens (tertiary/aromatic N) is 1. The van der Waals surface area contributed by atoms with E-state index in [0.29, 0.717) is 25.2 Å². The number of fused-ring (bicyclic) bond motifs is 1. The number of hydrogen-bond acceptors (Lipinski definition) is 8. The molecule has 0 aliphatic carbocycles. The van der Waals surface area contributed by atoms with Crippen molar-refractivity contribution >= 4 is 21.6 Å². The zero-order valence-electron chi connectivity index (χ0n) is 36.3. The summed E-state index contributed by atoms with van der Waals surface area (Å²) in [6, 6.07) is 62.8. The van der Waals surface area contributed by atoms with Gasteiger partial charge < -0.3 is 38.4 Å². The fraction of sp³-hybridized carbons (Fsp3) is 0.250. The van der Waals surface area contributed by atoms with Gasteiger partial charge in [-0.05, 0) is 69.6 Å². The summed E-state index contributed by atoms with van der Waals surface area (Å²) >= 11 is 3.87. The quantitative estimate of drug-likeness (QED) is 0.0912. The molecule has 0 aromatic heterocycles. The summed E-state index contributed by atoms with van der Waals surface area (Å²) in [6.07, 6.45) is -2.75. The summed E-state index contributed by atoms with van der Waals surface area (Å²) in [5.74, 6) is -1.13. The zero-order chi connectivity index (χ0) is 44.3. The van der Waals surface area contributed by atoms with Crippen LogP contribution in [0.25, 0.3) is 0 Å². The van der Waals surface area contributed by atoms with Crippen molar-refractivity contribution in [3.05, 3.63) is 237 Å². The lowest BCUT2D eigenvalue weighted by molar-refractivity contribution is -0.378. The molecule has 2 heterocycles. The number of ether oxygens (including phenoxy) is 6. The molecule has 5 atom stereocenters. The Labute approximate surface area is 390 Å². The molecule has 332 valence electrons. The summed E-state index contributed by atoms with van der Waals surface area (Å²) in [5.41, 5.74) is 8.85. The highest BCUT2D eigenvalue weighted by Gasteiger charge is 2.57. The normalized spacial score (nSPS) is 20.5. The van der Waals surface area contributed by atoms with Crippen LogP contribution in [0.2, 0.25) is 0 Å². The molecular formula is C56H54BrNO7. The van der Waals surface area contributed by atoms with Crippen LogP contribution < -0.4 is 9.64 Å². The Morgan fingerprint density at radius 1 is 0.569 bits per heavy atom. The summed E-state index contributed by atoms with van der Waals surface area (Å²) in [6.45, 7) is 3.42. The second kappa shape index (κ2) is 21.6. The van der Waals surface area contributed by atoms with Gasteiger partial charge >= 0.3 is 0 Å². The van der Waals surface area contributed by atoms with Gasteiger partial charge in [-0.3, -0.25) is 0 Å². The van der Waals surface area contributed by atoms with Gasteiger partial charge in [0.2, 0.25) is 5.79 Å². The molecule has 1 unspecified atom stereocenters. The molecule has 9 heteroatoms. The number of anilines is 1. The Hall–Kier alpha value is -5.62. The third kappa shape index (κ3) is 11.3. The van der Waals surface area contributed by atoms with E-state index in [-0.39, 0.29) is 26.4 Å². The lowest BCUT2D eigenvalue weighted by atomic mass is 9.86. The molecule has 8 nitrogen and oxygen atoms in total. The van der Waals surface area contributed by atoms with E-state index < -0.39 is 30.2 Å². The fourth-order valence-corrected chi connectivity index (χ4v) is 9.02. The van der Waals surface area contributed by atoms with E-state index in [4.69, 9.17) is 28.4 Å². The molecule has 7 aromatic rings. The van der Waals surface area contributed by atoms with Crippen LogP contribution in [0.5, 0.6) is 5.75 Å². The molecule has 0 saturated carbocycles. The van der Waals surface area contributed by atoms with E-state index in [1.54, 1.807) is 0 Å². The highest BCUT2D eigenvalue weighted by molar-refractivity contribution is 9.10. The smallest absolute Gasteiger partial charge is 0.222 e. The van der Waals surface area contributed by atoms with E-state index in [1.165, 1.54) is 5.56 Å². The van der Waals surface area contributed by atoms with Crippen LogP contribution in [0, 0.1) is 0 Å². The molecule has 1 N–H and O–H groups in total. The molecule has 65 heavy (non-hydrogen) atoms. The van der Waals surface area contributed by atoms with Crippen molar-refractivity contribution in [2.75, 3.05) is 24.7 Å². The van der Waals surface area contributed by atoms with Gasteiger partial charge in [0, 0.05) is 16.6 Å². The highest BCUT2D eigenvalue weighted by Crippen LogP contribution is 2.43.